The van der Waals surface area contributed by atoms with Crippen LogP contribution in [-0.4, -0.2) is 29.4 Å². The average Bonchev–Trinajstić information content (AvgIpc) is 2.56. The second kappa shape index (κ2) is 17.0. The molecule has 0 aliphatic carbocycles. The highest BCUT2D eigenvalue weighted by atomic mass is 32.2. The van der Waals surface area contributed by atoms with Crippen LogP contribution in [0.3, 0.4) is 0 Å². The number of unbranched alkanes of at least 4 members (excludes halogenated alkanes) is 12. The van der Waals surface area contributed by atoms with Crippen molar-refractivity contribution in [2.75, 3.05) is 0 Å². The fourth-order valence-corrected chi connectivity index (χ4v) is 4.40. The zero-order valence-corrected chi connectivity index (χ0v) is 18.1. The first-order valence-corrected chi connectivity index (χ1v) is 12.5. The monoisotopic (exact) mass is 392 g/mol. The van der Waals surface area contributed by atoms with Gasteiger partial charge in [0, 0.05) is 0 Å². The van der Waals surface area contributed by atoms with E-state index >= 15 is 0 Å². The molecule has 0 rings (SSSR count). The van der Waals surface area contributed by atoms with Crippen LogP contribution in [0.25, 0.3) is 0 Å². The molecule has 0 aliphatic heterocycles. The molecule has 0 saturated heterocycles. The molecule has 0 heterocycles. The standard InChI is InChI=1S/C21H44O4S/c1-3-4-5-6-7-8-9-10-11-12-13-14-18-21(26(23,24)25)19-16-15-17-20(2)22/h20-22H,3-19H2,1-2H3,(H,23,24,25). The van der Waals surface area contributed by atoms with Crippen molar-refractivity contribution in [1.29, 1.82) is 0 Å². The third kappa shape index (κ3) is 17.3. The van der Waals surface area contributed by atoms with Crippen molar-refractivity contribution >= 4 is 10.1 Å². The summed E-state index contributed by atoms with van der Waals surface area (Å²) in [5.41, 5.74) is 0. The van der Waals surface area contributed by atoms with Crippen molar-refractivity contribution in [3.63, 3.8) is 0 Å². The SMILES string of the molecule is CCCCCCCCCCCCCCC(CCCCC(C)O)S(=O)(=O)O. The summed E-state index contributed by atoms with van der Waals surface area (Å²) in [6.07, 6.45) is 18.0. The Morgan fingerprint density at radius 2 is 1.00 bits per heavy atom. The highest BCUT2D eigenvalue weighted by Gasteiger charge is 2.21. The Kier molecular flexibility index (Phi) is 16.9. The predicted molar refractivity (Wildman–Crippen MR) is 111 cm³/mol. The van der Waals surface area contributed by atoms with Crippen molar-refractivity contribution in [2.24, 2.45) is 0 Å². The number of aliphatic hydroxyl groups is 1. The van der Waals surface area contributed by atoms with E-state index in [4.69, 9.17) is 0 Å². The Hall–Kier alpha value is -0.130. The van der Waals surface area contributed by atoms with Crippen LogP contribution in [0.15, 0.2) is 0 Å². The summed E-state index contributed by atoms with van der Waals surface area (Å²) in [7, 11) is -3.94. The van der Waals surface area contributed by atoms with Gasteiger partial charge in [-0.1, -0.05) is 96.8 Å². The van der Waals surface area contributed by atoms with E-state index in [-0.39, 0.29) is 6.10 Å². The van der Waals surface area contributed by atoms with Crippen molar-refractivity contribution in [3.05, 3.63) is 0 Å². The quantitative estimate of drug-likeness (QED) is 0.200. The number of aliphatic hydroxyl groups excluding tert-OH is 1. The highest BCUT2D eigenvalue weighted by molar-refractivity contribution is 7.86. The van der Waals surface area contributed by atoms with Crippen molar-refractivity contribution in [2.45, 2.75) is 134 Å². The van der Waals surface area contributed by atoms with Gasteiger partial charge in [0.25, 0.3) is 10.1 Å². The molecule has 0 radical (unpaired) electrons. The number of rotatable bonds is 19. The van der Waals surface area contributed by atoms with Crippen LogP contribution in [0.2, 0.25) is 0 Å². The van der Waals surface area contributed by atoms with Gasteiger partial charge in [-0.05, 0) is 26.2 Å². The van der Waals surface area contributed by atoms with Gasteiger partial charge in [-0.15, -0.1) is 0 Å². The van der Waals surface area contributed by atoms with Crippen molar-refractivity contribution in [3.8, 4) is 0 Å². The third-order valence-corrected chi connectivity index (χ3v) is 6.51. The van der Waals surface area contributed by atoms with Gasteiger partial charge in [-0.2, -0.15) is 8.42 Å². The van der Waals surface area contributed by atoms with Crippen molar-refractivity contribution in [1.82, 2.24) is 0 Å². The Balaban J connectivity index is 3.61. The summed E-state index contributed by atoms with van der Waals surface area (Å²) in [6, 6.07) is 0. The molecule has 26 heavy (non-hydrogen) atoms. The molecule has 0 aromatic rings. The molecule has 0 aliphatic rings. The summed E-state index contributed by atoms with van der Waals surface area (Å²) in [5.74, 6) is 0. The summed E-state index contributed by atoms with van der Waals surface area (Å²) < 4.78 is 32.4. The first kappa shape index (κ1) is 25.9. The summed E-state index contributed by atoms with van der Waals surface area (Å²) in [4.78, 5) is 0. The van der Waals surface area contributed by atoms with E-state index in [0.29, 0.717) is 19.3 Å². The zero-order chi connectivity index (χ0) is 19.7. The molecular weight excluding hydrogens is 348 g/mol. The number of hydrogen-bond donors (Lipinski definition) is 2. The maximum Gasteiger partial charge on any atom is 0.267 e. The van der Waals surface area contributed by atoms with Crippen LogP contribution in [-0.2, 0) is 10.1 Å². The van der Waals surface area contributed by atoms with Gasteiger partial charge in [0.15, 0.2) is 0 Å². The van der Waals surface area contributed by atoms with Gasteiger partial charge >= 0.3 is 0 Å². The van der Waals surface area contributed by atoms with Crippen LogP contribution >= 0.6 is 0 Å². The van der Waals surface area contributed by atoms with Crippen LogP contribution in [0, 0.1) is 0 Å². The maximum absolute atomic E-state index is 11.5. The Morgan fingerprint density at radius 1 is 0.654 bits per heavy atom. The Morgan fingerprint density at radius 3 is 1.38 bits per heavy atom. The molecular formula is C21H44O4S. The van der Waals surface area contributed by atoms with Gasteiger partial charge in [0.1, 0.15) is 0 Å². The van der Waals surface area contributed by atoms with Gasteiger partial charge in [0.2, 0.25) is 0 Å². The topological polar surface area (TPSA) is 74.6 Å². The van der Waals surface area contributed by atoms with Gasteiger partial charge < -0.3 is 5.11 Å². The lowest BCUT2D eigenvalue weighted by molar-refractivity contribution is 0.180. The van der Waals surface area contributed by atoms with E-state index in [1.54, 1.807) is 6.92 Å². The molecule has 0 aromatic heterocycles. The fraction of sp³-hybridized carbons (Fsp3) is 1.00. The lowest BCUT2D eigenvalue weighted by Gasteiger charge is -2.14. The van der Waals surface area contributed by atoms with Crippen LogP contribution in [0.4, 0.5) is 0 Å². The number of hydrogen-bond acceptors (Lipinski definition) is 3. The second-order valence-corrected chi connectivity index (χ2v) is 9.64. The van der Waals surface area contributed by atoms with E-state index in [1.165, 1.54) is 57.8 Å². The molecule has 5 heteroatoms. The minimum Gasteiger partial charge on any atom is -0.393 e. The molecule has 2 N–H and O–H groups in total. The minimum absolute atomic E-state index is 0.337. The molecule has 0 bridgehead atoms. The molecule has 158 valence electrons. The molecule has 0 amide bonds. The molecule has 0 aromatic carbocycles. The maximum atomic E-state index is 11.5. The largest absolute Gasteiger partial charge is 0.393 e. The van der Waals surface area contributed by atoms with E-state index < -0.39 is 15.4 Å². The van der Waals surface area contributed by atoms with Crippen molar-refractivity contribution < 1.29 is 18.1 Å². The first-order valence-electron chi connectivity index (χ1n) is 11.0. The molecule has 2 unspecified atom stereocenters. The molecule has 2 atom stereocenters. The summed E-state index contributed by atoms with van der Waals surface area (Å²) >= 11 is 0. The Labute approximate surface area is 162 Å². The molecule has 0 spiro atoms. The van der Waals surface area contributed by atoms with E-state index in [1.807, 2.05) is 0 Å². The molecule has 0 fully saturated rings. The Bertz CT molecular complexity index is 393. The van der Waals surface area contributed by atoms with E-state index in [0.717, 1.165) is 32.1 Å². The van der Waals surface area contributed by atoms with Crippen LogP contribution < -0.4 is 0 Å². The van der Waals surface area contributed by atoms with Crippen LogP contribution in [0.5, 0.6) is 0 Å². The van der Waals surface area contributed by atoms with Gasteiger partial charge in [-0.25, -0.2) is 0 Å². The van der Waals surface area contributed by atoms with Gasteiger partial charge in [0.05, 0.1) is 11.4 Å². The third-order valence-electron chi connectivity index (χ3n) is 5.20. The van der Waals surface area contributed by atoms with Gasteiger partial charge in [-0.3, -0.25) is 4.55 Å². The molecule has 0 saturated carbocycles. The van der Waals surface area contributed by atoms with E-state index in [2.05, 4.69) is 6.92 Å². The lowest BCUT2D eigenvalue weighted by Crippen LogP contribution is -2.20. The summed E-state index contributed by atoms with van der Waals surface area (Å²) in [5, 5.41) is 8.61. The predicted octanol–water partition coefficient (Wildman–Crippen LogP) is 6.28. The minimum atomic E-state index is -3.94. The smallest absolute Gasteiger partial charge is 0.267 e. The average molecular weight is 393 g/mol. The summed E-state index contributed by atoms with van der Waals surface area (Å²) in [6.45, 7) is 3.99. The zero-order valence-electron chi connectivity index (χ0n) is 17.3. The normalized spacial score (nSPS) is 14.5. The highest BCUT2D eigenvalue weighted by Crippen LogP contribution is 2.19. The van der Waals surface area contributed by atoms with Crippen LogP contribution in [0.1, 0.15) is 123 Å². The first-order chi connectivity index (χ1) is 12.4. The fourth-order valence-electron chi connectivity index (χ4n) is 3.47. The van der Waals surface area contributed by atoms with E-state index in [9.17, 15) is 18.1 Å². The molecule has 4 nitrogen and oxygen atoms in total. The second-order valence-electron chi connectivity index (χ2n) is 7.95. The lowest BCUT2D eigenvalue weighted by atomic mass is 10.0.